The van der Waals surface area contributed by atoms with E-state index in [9.17, 15) is 4.39 Å². The smallest absolute Gasteiger partial charge is 0.126 e. The predicted molar refractivity (Wildman–Crippen MR) is 105 cm³/mol. The van der Waals surface area contributed by atoms with Gasteiger partial charge in [0.2, 0.25) is 0 Å². The molecule has 0 spiro atoms. The molecule has 0 aromatic heterocycles. The molecule has 1 aromatic carbocycles. The van der Waals surface area contributed by atoms with Gasteiger partial charge in [-0.15, -0.1) is 0 Å². The van der Waals surface area contributed by atoms with Crippen LogP contribution in [-0.4, -0.2) is 0 Å². The zero-order valence-electron chi connectivity index (χ0n) is 15.9. The van der Waals surface area contributed by atoms with Gasteiger partial charge in [0.25, 0.3) is 0 Å². The van der Waals surface area contributed by atoms with Crippen LogP contribution in [0.5, 0.6) is 0 Å². The van der Waals surface area contributed by atoms with Crippen molar-refractivity contribution in [2.24, 2.45) is 5.92 Å². The van der Waals surface area contributed by atoms with E-state index in [0.29, 0.717) is 12.3 Å². The lowest BCUT2D eigenvalue weighted by Gasteiger charge is -2.15. The van der Waals surface area contributed by atoms with Gasteiger partial charge in [0, 0.05) is 0 Å². The molecule has 0 saturated heterocycles. The van der Waals surface area contributed by atoms with Gasteiger partial charge >= 0.3 is 0 Å². The van der Waals surface area contributed by atoms with Gasteiger partial charge in [0.1, 0.15) is 5.82 Å². The molecule has 0 atom stereocenters. The number of allylic oxidation sites excluding steroid dienone is 5. The van der Waals surface area contributed by atoms with E-state index in [-0.39, 0.29) is 5.82 Å². The second-order valence-electron chi connectivity index (χ2n) is 6.80. The van der Waals surface area contributed by atoms with E-state index in [1.807, 2.05) is 19.1 Å². The van der Waals surface area contributed by atoms with Crippen LogP contribution < -0.4 is 0 Å². The van der Waals surface area contributed by atoms with E-state index in [1.165, 1.54) is 31.3 Å². The quantitative estimate of drug-likeness (QED) is 0.394. The second kappa shape index (κ2) is 11.0. The van der Waals surface area contributed by atoms with Crippen LogP contribution in [0.15, 0.2) is 54.2 Å². The van der Waals surface area contributed by atoms with Gasteiger partial charge < -0.3 is 0 Å². The van der Waals surface area contributed by atoms with E-state index in [4.69, 9.17) is 0 Å². The molecule has 0 fully saturated rings. The maximum absolute atomic E-state index is 13.8. The summed E-state index contributed by atoms with van der Waals surface area (Å²) in [5.41, 5.74) is 4.23. The van der Waals surface area contributed by atoms with Gasteiger partial charge in [0.15, 0.2) is 0 Å². The fourth-order valence-corrected chi connectivity index (χ4v) is 3.00. The van der Waals surface area contributed by atoms with E-state index < -0.39 is 0 Å². The molecule has 0 aliphatic heterocycles. The molecule has 0 nitrogen and oxygen atoms in total. The average molecular weight is 329 g/mol. The molecule has 132 valence electrons. The molecular weight excluding hydrogens is 295 g/mol. The Hall–Kier alpha value is -1.63. The van der Waals surface area contributed by atoms with Crippen molar-refractivity contribution in [3.05, 3.63) is 71.1 Å². The van der Waals surface area contributed by atoms with Crippen molar-refractivity contribution in [3.8, 4) is 0 Å². The van der Waals surface area contributed by atoms with E-state index in [2.05, 4.69) is 45.6 Å². The Labute approximate surface area is 148 Å². The Morgan fingerprint density at radius 1 is 1.21 bits per heavy atom. The zero-order valence-corrected chi connectivity index (χ0v) is 15.9. The van der Waals surface area contributed by atoms with E-state index >= 15 is 0 Å². The van der Waals surface area contributed by atoms with Gasteiger partial charge in [-0.3, -0.25) is 0 Å². The fraction of sp³-hybridized carbons (Fsp3) is 0.478. The van der Waals surface area contributed by atoms with Crippen molar-refractivity contribution in [1.29, 1.82) is 0 Å². The van der Waals surface area contributed by atoms with Crippen molar-refractivity contribution in [1.82, 2.24) is 0 Å². The number of hydrogen-bond acceptors (Lipinski definition) is 0. The maximum atomic E-state index is 13.8. The van der Waals surface area contributed by atoms with Crippen LogP contribution in [-0.2, 0) is 6.42 Å². The molecule has 1 rings (SSSR count). The molecule has 0 aliphatic carbocycles. The number of benzene rings is 1. The summed E-state index contributed by atoms with van der Waals surface area (Å²) >= 11 is 0. The lowest BCUT2D eigenvalue weighted by Crippen LogP contribution is -2.01. The molecule has 1 aromatic rings. The minimum absolute atomic E-state index is 0.107. The first-order chi connectivity index (χ1) is 11.5. The molecule has 24 heavy (non-hydrogen) atoms. The van der Waals surface area contributed by atoms with Crippen molar-refractivity contribution in [3.63, 3.8) is 0 Å². The summed E-state index contributed by atoms with van der Waals surface area (Å²) in [4.78, 5) is 0. The van der Waals surface area contributed by atoms with Crippen molar-refractivity contribution in [2.45, 2.75) is 66.2 Å². The maximum Gasteiger partial charge on any atom is 0.126 e. The van der Waals surface area contributed by atoms with Crippen LogP contribution in [0, 0.1) is 18.7 Å². The topological polar surface area (TPSA) is 0 Å². The van der Waals surface area contributed by atoms with Crippen LogP contribution in [0.1, 0.15) is 64.0 Å². The summed E-state index contributed by atoms with van der Waals surface area (Å²) in [6.07, 6.45) is 12.8. The lowest BCUT2D eigenvalue weighted by atomic mass is 9.91. The van der Waals surface area contributed by atoms with Crippen LogP contribution in [0.3, 0.4) is 0 Å². The first kappa shape index (κ1) is 20.4. The Morgan fingerprint density at radius 3 is 2.46 bits per heavy atom. The highest BCUT2D eigenvalue weighted by Gasteiger charge is 2.07. The molecule has 0 saturated carbocycles. The number of hydrogen-bond donors (Lipinski definition) is 0. The summed E-state index contributed by atoms with van der Waals surface area (Å²) < 4.78 is 13.8. The molecule has 0 bridgehead atoms. The molecule has 1 heteroatoms. The number of halogens is 1. The molecular formula is C23H33F. The van der Waals surface area contributed by atoms with Gasteiger partial charge in [-0.1, -0.05) is 74.8 Å². The third-order valence-corrected chi connectivity index (χ3v) is 4.53. The molecule has 0 radical (unpaired) electrons. The molecule has 0 amide bonds. The molecule has 0 aliphatic rings. The summed E-state index contributed by atoms with van der Waals surface area (Å²) in [6.45, 7) is 12.7. The Bertz CT molecular complexity index is 572. The summed E-state index contributed by atoms with van der Waals surface area (Å²) in [7, 11) is 0. The minimum Gasteiger partial charge on any atom is -0.207 e. The highest BCUT2D eigenvalue weighted by atomic mass is 19.1. The SMILES string of the molecule is C=C(/C=C\C=C(/C)C(CCC)CCC)CCc1ccc(C)cc1F. The molecule has 0 unspecified atom stereocenters. The third-order valence-electron chi connectivity index (χ3n) is 4.53. The average Bonchev–Trinajstić information content (AvgIpc) is 2.53. The summed E-state index contributed by atoms with van der Waals surface area (Å²) in [5, 5.41) is 0. The molecule has 0 N–H and O–H groups in total. The van der Waals surface area contributed by atoms with Crippen LogP contribution in [0.2, 0.25) is 0 Å². The second-order valence-corrected chi connectivity index (χ2v) is 6.80. The first-order valence-electron chi connectivity index (χ1n) is 9.25. The van der Waals surface area contributed by atoms with Gasteiger partial charge in [-0.2, -0.15) is 0 Å². The highest BCUT2D eigenvalue weighted by Crippen LogP contribution is 2.22. The van der Waals surface area contributed by atoms with Gasteiger partial charge in [-0.05, 0) is 62.6 Å². The van der Waals surface area contributed by atoms with E-state index in [0.717, 1.165) is 23.1 Å². The number of rotatable bonds is 10. The van der Waals surface area contributed by atoms with Crippen LogP contribution in [0.4, 0.5) is 4.39 Å². The van der Waals surface area contributed by atoms with Crippen molar-refractivity contribution in [2.75, 3.05) is 0 Å². The summed E-state index contributed by atoms with van der Waals surface area (Å²) in [6, 6.07) is 5.44. The Morgan fingerprint density at radius 2 is 1.88 bits per heavy atom. The number of aryl methyl sites for hydroxylation is 2. The predicted octanol–water partition coefficient (Wildman–Crippen LogP) is 7.34. The van der Waals surface area contributed by atoms with Crippen molar-refractivity contribution < 1.29 is 4.39 Å². The highest BCUT2D eigenvalue weighted by molar-refractivity contribution is 5.27. The largest absolute Gasteiger partial charge is 0.207 e. The van der Waals surface area contributed by atoms with Gasteiger partial charge in [-0.25, -0.2) is 4.39 Å². The summed E-state index contributed by atoms with van der Waals surface area (Å²) in [5.74, 6) is 0.587. The molecule has 0 heterocycles. The lowest BCUT2D eigenvalue weighted by molar-refractivity contribution is 0.504. The Balaban J connectivity index is 2.54. The third kappa shape index (κ3) is 7.29. The van der Waals surface area contributed by atoms with Gasteiger partial charge in [0.05, 0.1) is 0 Å². The normalized spacial score (nSPS) is 12.3. The standard InChI is InChI=1S/C23H33F/c1-6-9-21(10-7-2)20(5)12-8-11-18(3)13-15-22-16-14-19(4)17-23(22)24/h8,11-12,14,16-17,21H,3,6-7,9-10,13,15H2,1-2,4-5H3/b11-8-,20-12+. The minimum atomic E-state index is -0.107. The fourth-order valence-electron chi connectivity index (χ4n) is 3.00. The first-order valence-corrected chi connectivity index (χ1v) is 9.25. The van der Waals surface area contributed by atoms with E-state index in [1.54, 1.807) is 6.07 Å². The zero-order chi connectivity index (χ0) is 17.9. The van der Waals surface area contributed by atoms with Crippen LogP contribution in [0.25, 0.3) is 0 Å². The monoisotopic (exact) mass is 328 g/mol. The Kier molecular flexibility index (Phi) is 9.37. The van der Waals surface area contributed by atoms with Crippen molar-refractivity contribution >= 4 is 0 Å². The van der Waals surface area contributed by atoms with Crippen LogP contribution >= 0.6 is 0 Å².